The lowest BCUT2D eigenvalue weighted by molar-refractivity contribution is 0.0928. The number of hydrogen-bond donors (Lipinski definition) is 3. The maximum atomic E-state index is 6.30. The molecule has 1 aliphatic heterocycles. The average molecular weight is 387 g/mol. The zero-order valence-electron chi connectivity index (χ0n) is 16.3. The predicted molar refractivity (Wildman–Crippen MR) is 115 cm³/mol. The SMILES string of the molecule is Nc1nccn2c(C3CC(N4CCNCC4)C3)nc(-c3cc4ccccc4[nH]3)c12. The Morgan fingerprint density at radius 3 is 2.76 bits per heavy atom. The van der Waals surface area contributed by atoms with E-state index in [9.17, 15) is 0 Å². The van der Waals surface area contributed by atoms with Gasteiger partial charge in [0.25, 0.3) is 0 Å². The van der Waals surface area contributed by atoms with Crippen LogP contribution in [0.2, 0.25) is 0 Å². The number of imidazole rings is 1. The lowest BCUT2D eigenvalue weighted by Gasteiger charge is -2.44. The summed E-state index contributed by atoms with van der Waals surface area (Å²) in [6.45, 7) is 4.49. The van der Waals surface area contributed by atoms with Crippen molar-refractivity contribution in [1.29, 1.82) is 0 Å². The van der Waals surface area contributed by atoms with E-state index in [0.29, 0.717) is 17.8 Å². The Morgan fingerprint density at radius 2 is 1.93 bits per heavy atom. The molecule has 1 aromatic carbocycles. The Labute approximate surface area is 168 Å². The smallest absolute Gasteiger partial charge is 0.150 e. The summed E-state index contributed by atoms with van der Waals surface area (Å²) < 4.78 is 2.15. The van der Waals surface area contributed by atoms with Crippen LogP contribution in [0.3, 0.4) is 0 Å². The quantitative estimate of drug-likeness (QED) is 0.503. The molecule has 4 heterocycles. The van der Waals surface area contributed by atoms with E-state index in [4.69, 9.17) is 10.7 Å². The van der Waals surface area contributed by atoms with Crippen molar-refractivity contribution in [1.82, 2.24) is 29.6 Å². The Kier molecular flexibility index (Phi) is 3.85. The number of nitrogens with two attached hydrogens (primary N) is 1. The molecule has 2 aliphatic rings. The minimum absolute atomic E-state index is 0.460. The molecule has 1 aliphatic carbocycles. The number of para-hydroxylation sites is 1. The van der Waals surface area contributed by atoms with Crippen LogP contribution in [0.15, 0.2) is 42.7 Å². The van der Waals surface area contributed by atoms with Gasteiger partial charge in [0.15, 0.2) is 0 Å². The second-order valence-corrected chi connectivity index (χ2v) is 8.23. The third-order valence-corrected chi connectivity index (χ3v) is 6.54. The number of benzene rings is 1. The lowest BCUT2D eigenvalue weighted by Crippen LogP contribution is -2.52. The second-order valence-electron chi connectivity index (χ2n) is 8.23. The highest BCUT2D eigenvalue weighted by molar-refractivity contribution is 5.91. The van der Waals surface area contributed by atoms with Crippen molar-refractivity contribution in [3.8, 4) is 11.4 Å². The molecule has 4 N–H and O–H groups in total. The largest absolute Gasteiger partial charge is 0.382 e. The molecule has 0 bridgehead atoms. The highest BCUT2D eigenvalue weighted by Gasteiger charge is 2.37. The molecule has 29 heavy (non-hydrogen) atoms. The van der Waals surface area contributed by atoms with Gasteiger partial charge in [-0.15, -0.1) is 0 Å². The predicted octanol–water partition coefficient (Wildman–Crippen LogP) is 2.61. The van der Waals surface area contributed by atoms with Gasteiger partial charge in [-0.25, -0.2) is 9.97 Å². The summed E-state index contributed by atoms with van der Waals surface area (Å²) in [6, 6.07) is 11.1. The highest BCUT2D eigenvalue weighted by atomic mass is 15.2. The molecule has 1 saturated heterocycles. The van der Waals surface area contributed by atoms with Crippen LogP contribution in [0, 0.1) is 0 Å². The van der Waals surface area contributed by atoms with Gasteiger partial charge in [-0.05, 0) is 25.0 Å². The number of piperazine rings is 1. The monoisotopic (exact) mass is 387 g/mol. The molecule has 6 rings (SSSR count). The van der Waals surface area contributed by atoms with Crippen molar-refractivity contribution in [2.24, 2.45) is 0 Å². The zero-order valence-corrected chi connectivity index (χ0v) is 16.3. The van der Waals surface area contributed by atoms with Crippen LogP contribution in [0.1, 0.15) is 24.6 Å². The first-order valence-corrected chi connectivity index (χ1v) is 10.4. The summed E-state index contributed by atoms with van der Waals surface area (Å²) >= 11 is 0. The van der Waals surface area contributed by atoms with E-state index >= 15 is 0 Å². The van der Waals surface area contributed by atoms with Crippen molar-refractivity contribution in [2.45, 2.75) is 24.8 Å². The van der Waals surface area contributed by atoms with Crippen molar-refractivity contribution in [3.05, 3.63) is 48.5 Å². The van der Waals surface area contributed by atoms with Crippen molar-refractivity contribution in [3.63, 3.8) is 0 Å². The standard InChI is InChI=1S/C22H25N7/c23-21-20-19(18-13-14-3-1-2-4-17(14)26-18)27-22(29(20)10-7-25-21)15-11-16(12-15)28-8-5-24-6-9-28/h1-4,7,10,13,15-16,24,26H,5-6,8-9,11-12H2,(H2,23,25). The summed E-state index contributed by atoms with van der Waals surface area (Å²) in [7, 11) is 0. The fourth-order valence-corrected chi connectivity index (χ4v) is 4.91. The van der Waals surface area contributed by atoms with Crippen LogP contribution >= 0.6 is 0 Å². The van der Waals surface area contributed by atoms with E-state index < -0.39 is 0 Å². The number of fused-ring (bicyclic) bond motifs is 2. The van der Waals surface area contributed by atoms with E-state index in [0.717, 1.165) is 67.3 Å². The number of aromatic amines is 1. The van der Waals surface area contributed by atoms with Gasteiger partial charge in [0.05, 0.1) is 5.69 Å². The maximum absolute atomic E-state index is 6.30. The summed E-state index contributed by atoms with van der Waals surface area (Å²) in [6.07, 6.45) is 6.09. The molecule has 0 amide bonds. The molecule has 2 fully saturated rings. The van der Waals surface area contributed by atoms with Crippen LogP contribution < -0.4 is 11.1 Å². The maximum Gasteiger partial charge on any atom is 0.150 e. The minimum Gasteiger partial charge on any atom is -0.382 e. The molecule has 3 aromatic heterocycles. The van der Waals surface area contributed by atoms with Crippen molar-refractivity contribution >= 4 is 22.2 Å². The first-order valence-electron chi connectivity index (χ1n) is 10.4. The number of nitrogen functional groups attached to an aromatic ring is 1. The van der Waals surface area contributed by atoms with Gasteiger partial charge < -0.3 is 16.0 Å². The van der Waals surface area contributed by atoms with Crippen LogP contribution in [0.4, 0.5) is 5.82 Å². The van der Waals surface area contributed by atoms with E-state index in [2.05, 4.69) is 48.9 Å². The molecule has 7 nitrogen and oxygen atoms in total. The number of rotatable bonds is 3. The van der Waals surface area contributed by atoms with Crippen LogP contribution in [-0.4, -0.2) is 56.5 Å². The zero-order chi connectivity index (χ0) is 19.4. The number of H-pyrrole nitrogens is 1. The molecule has 1 saturated carbocycles. The average Bonchev–Trinajstić information content (AvgIpc) is 3.30. The normalized spacial score (nSPS) is 22.9. The van der Waals surface area contributed by atoms with Gasteiger partial charge >= 0.3 is 0 Å². The van der Waals surface area contributed by atoms with Gasteiger partial charge in [0, 0.05) is 61.4 Å². The summed E-state index contributed by atoms with van der Waals surface area (Å²) in [5.41, 5.74) is 10.2. The van der Waals surface area contributed by atoms with Crippen LogP contribution in [0.5, 0.6) is 0 Å². The first kappa shape index (κ1) is 17.0. The fraction of sp³-hybridized carbons (Fsp3) is 0.364. The van der Waals surface area contributed by atoms with Crippen LogP contribution in [0.25, 0.3) is 27.8 Å². The lowest BCUT2D eigenvalue weighted by atomic mass is 9.78. The van der Waals surface area contributed by atoms with Crippen LogP contribution in [-0.2, 0) is 0 Å². The van der Waals surface area contributed by atoms with E-state index in [1.807, 2.05) is 12.3 Å². The number of hydrogen-bond acceptors (Lipinski definition) is 5. The van der Waals surface area contributed by atoms with Gasteiger partial charge in [-0.1, -0.05) is 18.2 Å². The number of nitrogens with one attached hydrogen (secondary N) is 2. The van der Waals surface area contributed by atoms with Crippen molar-refractivity contribution < 1.29 is 0 Å². The molecule has 7 heteroatoms. The summed E-state index contributed by atoms with van der Waals surface area (Å²) in [5, 5.41) is 4.62. The molecule has 0 atom stereocenters. The van der Waals surface area contributed by atoms with E-state index in [-0.39, 0.29) is 0 Å². The van der Waals surface area contributed by atoms with Gasteiger partial charge in [0.2, 0.25) is 0 Å². The number of aromatic nitrogens is 4. The fourth-order valence-electron chi connectivity index (χ4n) is 4.91. The molecule has 148 valence electrons. The Hall–Kier alpha value is -2.90. The number of nitrogens with zero attached hydrogens (tertiary/aromatic N) is 4. The molecule has 0 spiro atoms. The Bertz CT molecular complexity index is 1150. The molecule has 0 radical (unpaired) electrons. The number of anilines is 1. The topological polar surface area (TPSA) is 87.3 Å². The van der Waals surface area contributed by atoms with Crippen molar-refractivity contribution in [2.75, 3.05) is 31.9 Å². The molecule has 0 unspecified atom stereocenters. The Morgan fingerprint density at radius 1 is 1.10 bits per heavy atom. The summed E-state index contributed by atoms with van der Waals surface area (Å²) in [5.74, 6) is 2.09. The second kappa shape index (κ2) is 6.57. The van der Waals surface area contributed by atoms with E-state index in [1.165, 1.54) is 5.39 Å². The minimum atomic E-state index is 0.460. The highest BCUT2D eigenvalue weighted by Crippen LogP contribution is 2.41. The molecule has 4 aromatic rings. The van der Waals surface area contributed by atoms with E-state index in [1.54, 1.807) is 6.20 Å². The summed E-state index contributed by atoms with van der Waals surface area (Å²) in [4.78, 5) is 15.6. The third kappa shape index (κ3) is 2.73. The third-order valence-electron chi connectivity index (χ3n) is 6.54. The molecular weight excluding hydrogens is 362 g/mol. The Balaban J connectivity index is 1.38. The first-order chi connectivity index (χ1) is 14.3. The van der Waals surface area contributed by atoms with Gasteiger partial charge in [-0.2, -0.15) is 0 Å². The molecular formula is C22H25N7. The van der Waals surface area contributed by atoms with Gasteiger partial charge in [-0.3, -0.25) is 9.30 Å². The van der Waals surface area contributed by atoms with Gasteiger partial charge in [0.1, 0.15) is 22.9 Å².